The molecule has 0 aliphatic heterocycles. The number of nitrogens with one attached hydrogen (secondary N) is 1. The SMILES string of the molecule is NC1CCC(n2nnnc2Cn2cc(NC(=O)c3cnn4cccnc34)c(-c3cc(OC(F)F)ccc3OC(F)F)n2)CC1. The molecule has 0 atom stereocenters. The molecule has 1 aromatic carbocycles. The van der Waals surface area contributed by atoms with Crippen molar-refractivity contribution in [1.82, 2.24) is 44.6 Å². The number of rotatable bonds is 10. The van der Waals surface area contributed by atoms with E-state index in [-0.39, 0.29) is 58.3 Å². The van der Waals surface area contributed by atoms with Crippen LogP contribution in [0, 0.1) is 0 Å². The third-order valence-corrected chi connectivity index (χ3v) is 7.13. The molecule has 0 saturated heterocycles. The highest BCUT2D eigenvalue weighted by Crippen LogP contribution is 2.38. The first-order chi connectivity index (χ1) is 21.2. The largest absolute Gasteiger partial charge is 0.435 e. The molecule has 230 valence electrons. The van der Waals surface area contributed by atoms with Gasteiger partial charge >= 0.3 is 13.2 Å². The highest BCUT2D eigenvalue weighted by molar-refractivity contribution is 6.09. The fourth-order valence-corrected chi connectivity index (χ4v) is 5.13. The van der Waals surface area contributed by atoms with Crippen molar-refractivity contribution in [2.75, 3.05) is 5.32 Å². The molecule has 1 fully saturated rings. The first-order valence-electron chi connectivity index (χ1n) is 13.5. The molecule has 1 saturated carbocycles. The summed E-state index contributed by atoms with van der Waals surface area (Å²) in [5.74, 6) is -0.916. The van der Waals surface area contributed by atoms with E-state index in [1.807, 2.05) is 0 Å². The lowest BCUT2D eigenvalue weighted by molar-refractivity contribution is -0.0526. The number of alkyl halides is 4. The van der Waals surface area contributed by atoms with E-state index in [2.05, 4.69) is 45.5 Å². The summed E-state index contributed by atoms with van der Waals surface area (Å²) in [5.41, 5.74) is 6.25. The van der Waals surface area contributed by atoms with E-state index in [0.717, 1.165) is 43.9 Å². The van der Waals surface area contributed by atoms with E-state index in [1.54, 1.807) is 16.9 Å². The van der Waals surface area contributed by atoms with Crippen LogP contribution in [0.1, 0.15) is 47.9 Å². The minimum Gasteiger partial charge on any atom is -0.435 e. The van der Waals surface area contributed by atoms with Gasteiger partial charge < -0.3 is 20.5 Å². The molecule has 0 spiro atoms. The molecular weight excluding hydrogens is 590 g/mol. The van der Waals surface area contributed by atoms with Gasteiger partial charge in [-0.2, -0.15) is 27.8 Å². The summed E-state index contributed by atoms with van der Waals surface area (Å²) < 4.78 is 66.4. The summed E-state index contributed by atoms with van der Waals surface area (Å²) in [7, 11) is 0. The second-order valence-corrected chi connectivity index (χ2v) is 10.0. The van der Waals surface area contributed by atoms with Crippen LogP contribution in [0.4, 0.5) is 23.2 Å². The van der Waals surface area contributed by atoms with Gasteiger partial charge in [0, 0.05) is 24.6 Å². The number of hydrogen-bond donors (Lipinski definition) is 2. The molecular formula is C26H25F4N11O3. The summed E-state index contributed by atoms with van der Waals surface area (Å²) in [6.07, 6.45) is 9.04. The molecule has 0 radical (unpaired) electrons. The van der Waals surface area contributed by atoms with Crippen molar-refractivity contribution in [3.8, 4) is 22.8 Å². The Balaban J connectivity index is 1.39. The topological polar surface area (TPSA) is 165 Å². The van der Waals surface area contributed by atoms with E-state index in [0.29, 0.717) is 5.82 Å². The van der Waals surface area contributed by atoms with E-state index in [9.17, 15) is 22.4 Å². The number of anilines is 1. The standard InChI is InChI=1S/C26H25F4N11O3/c27-25(28)43-16-6-7-20(44-26(29)30)17(10-16)22-19(34-24(42)18-11-33-40-9-1-8-32-23(18)40)12-39(36-22)13-21-35-37-38-41(21)15-4-2-14(31)3-5-15/h1,6-12,14-15,25-26H,2-5,13,31H2,(H,34,42). The third-order valence-electron chi connectivity index (χ3n) is 7.13. The van der Waals surface area contributed by atoms with Crippen molar-refractivity contribution in [1.29, 1.82) is 0 Å². The first-order valence-corrected chi connectivity index (χ1v) is 13.5. The van der Waals surface area contributed by atoms with Crippen molar-refractivity contribution in [3.63, 3.8) is 0 Å². The number of amides is 1. The van der Waals surface area contributed by atoms with Crippen LogP contribution in [0.3, 0.4) is 0 Å². The summed E-state index contributed by atoms with van der Waals surface area (Å²) >= 11 is 0. The molecule has 0 unspecified atom stereocenters. The Morgan fingerprint density at radius 2 is 1.91 bits per heavy atom. The van der Waals surface area contributed by atoms with Gasteiger partial charge in [-0.1, -0.05) is 0 Å². The van der Waals surface area contributed by atoms with E-state index in [4.69, 9.17) is 5.73 Å². The minimum atomic E-state index is -3.24. The molecule has 18 heteroatoms. The smallest absolute Gasteiger partial charge is 0.387 e. The molecule has 4 aromatic heterocycles. The van der Waals surface area contributed by atoms with Gasteiger partial charge in [0.25, 0.3) is 5.91 Å². The van der Waals surface area contributed by atoms with Crippen LogP contribution >= 0.6 is 0 Å². The lowest BCUT2D eigenvalue weighted by atomic mass is 9.92. The number of carbonyl (C=O) groups is 1. The van der Waals surface area contributed by atoms with Crippen molar-refractivity contribution < 1.29 is 31.8 Å². The third kappa shape index (κ3) is 6.14. The number of nitrogens with two attached hydrogens (primary N) is 1. The van der Waals surface area contributed by atoms with Crippen molar-refractivity contribution in [3.05, 3.63) is 60.4 Å². The molecule has 6 rings (SSSR count). The zero-order valence-electron chi connectivity index (χ0n) is 22.8. The Morgan fingerprint density at radius 1 is 1.11 bits per heavy atom. The molecule has 1 aliphatic rings. The fraction of sp³-hybridized carbons (Fsp3) is 0.346. The lowest BCUT2D eigenvalue weighted by Crippen LogP contribution is -2.29. The number of nitrogens with zero attached hydrogens (tertiary/aromatic N) is 9. The van der Waals surface area contributed by atoms with Crippen molar-refractivity contribution in [2.24, 2.45) is 5.73 Å². The fourth-order valence-electron chi connectivity index (χ4n) is 5.13. The van der Waals surface area contributed by atoms with Gasteiger partial charge in [-0.3, -0.25) is 9.48 Å². The Bertz CT molecular complexity index is 1760. The zero-order chi connectivity index (χ0) is 30.8. The molecule has 3 N–H and O–H groups in total. The van der Waals surface area contributed by atoms with Crippen LogP contribution in [-0.4, -0.2) is 69.8 Å². The predicted molar refractivity (Wildman–Crippen MR) is 144 cm³/mol. The first kappa shape index (κ1) is 29.0. The second kappa shape index (κ2) is 12.2. The molecule has 14 nitrogen and oxygen atoms in total. The number of hydrogen-bond acceptors (Lipinski definition) is 10. The van der Waals surface area contributed by atoms with Gasteiger partial charge in [0.05, 0.1) is 23.5 Å². The molecule has 4 heterocycles. The number of carbonyl (C=O) groups excluding carboxylic acids is 1. The second-order valence-electron chi connectivity index (χ2n) is 10.0. The Kier molecular flexibility index (Phi) is 8.05. The average Bonchev–Trinajstić information content (AvgIpc) is 3.73. The van der Waals surface area contributed by atoms with Gasteiger partial charge in [-0.15, -0.1) is 5.10 Å². The van der Waals surface area contributed by atoms with Gasteiger partial charge in [-0.25, -0.2) is 14.2 Å². The number of tetrazole rings is 1. The van der Waals surface area contributed by atoms with Crippen LogP contribution in [-0.2, 0) is 6.54 Å². The minimum absolute atomic E-state index is 0.0198. The summed E-state index contributed by atoms with van der Waals surface area (Å²) in [6, 6.07) is 4.94. The Morgan fingerprint density at radius 3 is 2.68 bits per heavy atom. The quantitative estimate of drug-likeness (QED) is 0.222. The molecule has 1 aliphatic carbocycles. The molecule has 0 bridgehead atoms. The maximum absolute atomic E-state index is 13.4. The Labute approximate surface area is 245 Å². The molecule has 5 aromatic rings. The predicted octanol–water partition coefficient (Wildman–Crippen LogP) is 3.53. The zero-order valence-corrected chi connectivity index (χ0v) is 22.8. The highest BCUT2D eigenvalue weighted by atomic mass is 19.3. The van der Waals surface area contributed by atoms with Crippen LogP contribution in [0.2, 0.25) is 0 Å². The maximum Gasteiger partial charge on any atom is 0.387 e. The van der Waals surface area contributed by atoms with Crippen LogP contribution in [0.5, 0.6) is 11.5 Å². The van der Waals surface area contributed by atoms with E-state index >= 15 is 0 Å². The highest BCUT2D eigenvalue weighted by Gasteiger charge is 2.26. The van der Waals surface area contributed by atoms with Gasteiger partial charge in [0.2, 0.25) is 0 Å². The molecule has 44 heavy (non-hydrogen) atoms. The van der Waals surface area contributed by atoms with Crippen LogP contribution in [0.15, 0.2) is 49.1 Å². The van der Waals surface area contributed by atoms with Gasteiger partial charge in [0.1, 0.15) is 29.3 Å². The number of ether oxygens (including phenoxy) is 2. The summed E-state index contributed by atoms with van der Waals surface area (Å²) in [4.78, 5) is 17.6. The summed E-state index contributed by atoms with van der Waals surface area (Å²) in [5, 5.41) is 23.4. The number of benzene rings is 1. The van der Waals surface area contributed by atoms with E-state index < -0.39 is 19.1 Å². The number of halogens is 4. The molecule has 1 amide bonds. The Hall–Kier alpha value is -5.13. The lowest BCUT2D eigenvalue weighted by Gasteiger charge is -2.26. The number of aromatic nitrogens is 9. The van der Waals surface area contributed by atoms with Gasteiger partial charge in [0.15, 0.2) is 11.5 Å². The van der Waals surface area contributed by atoms with Crippen LogP contribution < -0.4 is 20.5 Å². The van der Waals surface area contributed by atoms with Gasteiger partial charge in [-0.05, 0) is 60.4 Å². The van der Waals surface area contributed by atoms with Crippen molar-refractivity contribution in [2.45, 2.75) is 57.5 Å². The number of fused-ring (bicyclic) bond motifs is 1. The monoisotopic (exact) mass is 615 g/mol. The van der Waals surface area contributed by atoms with E-state index in [1.165, 1.54) is 27.8 Å². The van der Waals surface area contributed by atoms with Crippen LogP contribution in [0.25, 0.3) is 16.9 Å². The maximum atomic E-state index is 13.4. The van der Waals surface area contributed by atoms with Crippen molar-refractivity contribution >= 4 is 17.2 Å². The summed E-state index contributed by atoms with van der Waals surface area (Å²) in [6.45, 7) is -6.40. The average molecular weight is 616 g/mol. The normalized spacial score (nSPS) is 17.0.